The minimum atomic E-state index is 0.111. The molecule has 17 heavy (non-hydrogen) atoms. The Morgan fingerprint density at radius 2 is 2.00 bits per heavy atom. The number of piperazine rings is 1. The van der Waals surface area contributed by atoms with Crippen LogP contribution in [0.4, 0.5) is 0 Å². The number of hydrogen-bond acceptors (Lipinski definition) is 2. The van der Waals surface area contributed by atoms with Crippen molar-refractivity contribution in [2.75, 3.05) is 13.1 Å². The Balaban J connectivity index is 2.27. The molecule has 0 bridgehead atoms. The second kappa shape index (κ2) is 4.82. The van der Waals surface area contributed by atoms with Gasteiger partial charge in [-0.05, 0) is 35.8 Å². The van der Waals surface area contributed by atoms with E-state index in [1.54, 1.807) is 0 Å². The van der Waals surface area contributed by atoms with Crippen LogP contribution in [0.1, 0.15) is 24.3 Å². The van der Waals surface area contributed by atoms with E-state index in [2.05, 4.69) is 35.1 Å². The standard InChI is InChI=1S/C12H18BrN3O/c1-8-5-14-6-9(2)16(8)12(17)11-4-10(13)7-15(11)3/h4,7-9,14H,5-6H2,1-3H3. The van der Waals surface area contributed by atoms with E-state index in [-0.39, 0.29) is 18.0 Å². The number of nitrogens with zero attached hydrogens (tertiary/aromatic N) is 2. The first-order valence-electron chi connectivity index (χ1n) is 5.86. The van der Waals surface area contributed by atoms with Gasteiger partial charge in [0, 0.05) is 42.9 Å². The van der Waals surface area contributed by atoms with Crippen molar-refractivity contribution in [3.8, 4) is 0 Å². The quantitative estimate of drug-likeness (QED) is 0.855. The smallest absolute Gasteiger partial charge is 0.271 e. The molecule has 1 fully saturated rings. The molecule has 1 N–H and O–H groups in total. The number of amides is 1. The third-order valence-corrected chi connectivity index (χ3v) is 3.69. The van der Waals surface area contributed by atoms with Crippen molar-refractivity contribution in [3.05, 3.63) is 22.4 Å². The van der Waals surface area contributed by atoms with Gasteiger partial charge in [0.05, 0.1) is 0 Å². The third kappa shape index (κ3) is 2.40. The second-order valence-corrected chi connectivity index (χ2v) is 5.64. The molecule has 0 spiro atoms. The van der Waals surface area contributed by atoms with Crippen LogP contribution in [-0.2, 0) is 7.05 Å². The molecule has 0 aliphatic carbocycles. The highest BCUT2D eigenvalue weighted by Crippen LogP contribution is 2.19. The highest BCUT2D eigenvalue weighted by atomic mass is 79.9. The summed E-state index contributed by atoms with van der Waals surface area (Å²) in [6.07, 6.45) is 1.91. The Morgan fingerprint density at radius 1 is 1.41 bits per heavy atom. The topological polar surface area (TPSA) is 37.3 Å². The molecule has 4 nitrogen and oxygen atoms in total. The highest BCUT2D eigenvalue weighted by molar-refractivity contribution is 9.10. The van der Waals surface area contributed by atoms with Crippen molar-refractivity contribution in [2.24, 2.45) is 7.05 Å². The van der Waals surface area contributed by atoms with E-state index in [1.807, 2.05) is 28.8 Å². The molecule has 2 atom stereocenters. The van der Waals surface area contributed by atoms with Crippen LogP contribution in [0.25, 0.3) is 0 Å². The van der Waals surface area contributed by atoms with Crippen molar-refractivity contribution in [1.29, 1.82) is 0 Å². The molecular weight excluding hydrogens is 282 g/mol. The molecule has 2 rings (SSSR count). The van der Waals surface area contributed by atoms with E-state index >= 15 is 0 Å². The Hall–Kier alpha value is -0.810. The first kappa shape index (κ1) is 12.6. The van der Waals surface area contributed by atoms with Gasteiger partial charge in [0.1, 0.15) is 5.69 Å². The molecule has 1 aromatic heterocycles. The Labute approximate surface area is 110 Å². The van der Waals surface area contributed by atoms with Crippen LogP contribution in [-0.4, -0.2) is 40.5 Å². The van der Waals surface area contributed by atoms with Crippen LogP contribution < -0.4 is 5.32 Å². The maximum Gasteiger partial charge on any atom is 0.271 e. The molecule has 1 saturated heterocycles. The monoisotopic (exact) mass is 299 g/mol. The van der Waals surface area contributed by atoms with Crippen molar-refractivity contribution in [3.63, 3.8) is 0 Å². The molecule has 94 valence electrons. The second-order valence-electron chi connectivity index (χ2n) is 4.72. The van der Waals surface area contributed by atoms with Gasteiger partial charge in [-0.2, -0.15) is 0 Å². The lowest BCUT2D eigenvalue weighted by molar-refractivity contribution is 0.0534. The molecule has 0 aromatic carbocycles. The Bertz CT molecular complexity index is 419. The SMILES string of the molecule is CC1CNCC(C)N1C(=O)c1cc(Br)cn1C. The summed E-state index contributed by atoms with van der Waals surface area (Å²) in [5.74, 6) is 0.111. The van der Waals surface area contributed by atoms with Crippen LogP contribution in [0.3, 0.4) is 0 Å². The fourth-order valence-corrected chi connectivity index (χ4v) is 2.93. The summed E-state index contributed by atoms with van der Waals surface area (Å²) >= 11 is 3.40. The molecule has 1 amide bonds. The maximum absolute atomic E-state index is 12.5. The number of halogens is 1. The van der Waals surface area contributed by atoms with Crippen LogP contribution in [0.2, 0.25) is 0 Å². The van der Waals surface area contributed by atoms with Gasteiger partial charge >= 0.3 is 0 Å². The summed E-state index contributed by atoms with van der Waals surface area (Å²) in [6.45, 7) is 5.89. The van der Waals surface area contributed by atoms with Gasteiger partial charge in [0.15, 0.2) is 0 Å². The largest absolute Gasteiger partial charge is 0.345 e. The predicted octanol–water partition coefficient (Wildman–Crippen LogP) is 1.61. The molecule has 1 aliphatic rings. The van der Waals surface area contributed by atoms with Gasteiger partial charge in [-0.25, -0.2) is 0 Å². The normalized spacial score (nSPS) is 25.1. The van der Waals surface area contributed by atoms with Gasteiger partial charge in [0.2, 0.25) is 0 Å². The summed E-state index contributed by atoms with van der Waals surface area (Å²) in [6, 6.07) is 2.35. The third-order valence-electron chi connectivity index (χ3n) is 3.25. The predicted molar refractivity (Wildman–Crippen MR) is 71.1 cm³/mol. The first-order chi connectivity index (χ1) is 8.00. The van der Waals surface area contributed by atoms with Crippen molar-refractivity contribution in [1.82, 2.24) is 14.8 Å². The van der Waals surface area contributed by atoms with Gasteiger partial charge in [-0.1, -0.05) is 0 Å². The average molecular weight is 300 g/mol. The van der Waals surface area contributed by atoms with Crippen LogP contribution in [0.15, 0.2) is 16.7 Å². The number of aromatic nitrogens is 1. The molecule has 1 aliphatic heterocycles. The Kier molecular flexibility index (Phi) is 3.58. The summed E-state index contributed by atoms with van der Waals surface area (Å²) in [4.78, 5) is 14.5. The van der Waals surface area contributed by atoms with Crippen molar-refractivity contribution < 1.29 is 4.79 Å². The minimum absolute atomic E-state index is 0.111. The lowest BCUT2D eigenvalue weighted by atomic mass is 10.1. The van der Waals surface area contributed by atoms with E-state index in [0.29, 0.717) is 0 Å². The van der Waals surface area contributed by atoms with Crippen molar-refractivity contribution in [2.45, 2.75) is 25.9 Å². The van der Waals surface area contributed by atoms with Crippen molar-refractivity contribution >= 4 is 21.8 Å². The molecule has 2 heterocycles. The highest BCUT2D eigenvalue weighted by Gasteiger charge is 2.30. The molecule has 0 radical (unpaired) electrons. The summed E-state index contributed by atoms with van der Waals surface area (Å²) in [7, 11) is 1.90. The lowest BCUT2D eigenvalue weighted by Crippen LogP contribution is -2.57. The van der Waals surface area contributed by atoms with E-state index in [0.717, 1.165) is 23.3 Å². The van der Waals surface area contributed by atoms with Crippen LogP contribution in [0, 0.1) is 0 Å². The number of nitrogens with one attached hydrogen (secondary N) is 1. The fraction of sp³-hybridized carbons (Fsp3) is 0.583. The van der Waals surface area contributed by atoms with Gasteiger partial charge in [-0.15, -0.1) is 0 Å². The summed E-state index contributed by atoms with van der Waals surface area (Å²) in [5.41, 5.74) is 0.734. The molecule has 5 heteroatoms. The van der Waals surface area contributed by atoms with Gasteiger partial charge in [-0.3, -0.25) is 4.79 Å². The molecule has 1 aromatic rings. The van der Waals surface area contributed by atoms with E-state index < -0.39 is 0 Å². The Morgan fingerprint density at radius 3 is 2.47 bits per heavy atom. The maximum atomic E-state index is 12.5. The summed E-state index contributed by atoms with van der Waals surface area (Å²) < 4.78 is 2.81. The number of hydrogen-bond donors (Lipinski definition) is 1. The number of rotatable bonds is 1. The number of carbonyl (C=O) groups excluding carboxylic acids is 1. The fourth-order valence-electron chi connectivity index (χ4n) is 2.40. The zero-order valence-corrected chi connectivity index (χ0v) is 12.0. The minimum Gasteiger partial charge on any atom is -0.345 e. The molecule has 2 unspecified atom stereocenters. The van der Waals surface area contributed by atoms with E-state index in [9.17, 15) is 4.79 Å². The van der Waals surface area contributed by atoms with Crippen LogP contribution >= 0.6 is 15.9 Å². The van der Waals surface area contributed by atoms with Gasteiger partial charge < -0.3 is 14.8 Å². The lowest BCUT2D eigenvalue weighted by Gasteiger charge is -2.39. The van der Waals surface area contributed by atoms with Gasteiger partial charge in [0.25, 0.3) is 5.91 Å². The zero-order valence-electron chi connectivity index (χ0n) is 10.4. The van der Waals surface area contributed by atoms with Crippen LogP contribution in [0.5, 0.6) is 0 Å². The zero-order chi connectivity index (χ0) is 12.6. The average Bonchev–Trinajstić information content (AvgIpc) is 2.57. The molecular formula is C12H18BrN3O. The number of carbonyl (C=O) groups is 1. The van der Waals surface area contributed by atoms with E-state index in [4.69, 9.17) is 0 Å². The first-order valence-corrected chi connectivity index (χ1v) is 6.65. The van der Waals surface area contributed by atoms with E-state index in [1.165, 1.54) is 0 Å². The molecule has 0 saturated carbocycles. The summed E-state index contributed by atoms with van der Waals surface area (Å²) in [5, 5.41) is 3.33. The number of aryl methyl sites for hydroxylation is 1.